The molecule has 0 bridgehead atoms. The molecular weight excluding hydrogens is 825 g/mol. The van der Waals surface area contributed by atoms with Gasteiger partial charge in [-0.2, -0.15) is 0 Å². The van der Waals surface area contributed by atoms with Crippen LogP contribution < -0.4 is 20.9 Å². The summed E-state index contributed by atoms with van der Waals surface area (Å²) in [7, 11) is 0. The Hall–Kier alpha value is -5.76. The van der Waals surface area contributed by atoms with Gasteiger partial charge in [0.15, 0.2) is 5.82 Å². The molecule has 3 saturated heterocycles. The van der Waals surface area contributed by atoms with Crippen LogP contribution in [0.25, 0.3) is 11.3 Å². The monoisotopic (exact) mass is 889 g/mol. The summed E-state index contributed by atoms with van der Waals surface area (Å²) in [6, 6.07) is 15.3. The molecule has 4 aliphatic heterocycles. The largest absolute Gasteiger partial charge is 0.507 e. The van der Waals surface area contributed by atoms with Crippen molar-refractivity contribution in [2.75, 3.05) is 75.7 Å². The molecule has 4 atom stereocenters. The molecule has 0 unspecified atom stereocenters. The van der Waals surface area contributed by atoms with Gasteiger partial charge >= 0.3 is 0 Å². The Labute approximate surface area is 382 Å². The van der Waals surface area contributed by atoms with Crippen molar-refractivity contribution >= 4 is 35.1 Å². The molecule has 346 valence electrons. The molecular formula is C49H64N10O6. The fourth-order valence-electron chi connectivity index (χ4n) is 10.2. The van der Waals surface area contributed by atoms with Crippen LogP contribution in [0.5, 0.6) is 5.75 Å². The standard InChI is InChI=1S/C49H64N10O6/c1-5-32-10-12-33(13-11-32)28-51-47(64)41-26-37(60)31-59(41)48(65)44(49(2,3)4)52-46(63)34-14-16-35(17-15-34)56-21-23-57(24-22-56)43(62)18-19-55-20-25-58-36(30-55)29-50-45-40(58)27-39(53-54-45)38-8-6-7-9-42(38)61/h1,6-13,27,34-37,41,44,60-61H,14-26,28-31H2,2-4H3,(H,50,54)(H,51,64)(H,52,63)/t34-,35-,36-,37+,41-,44+/m0/s1. The number of carbonyl (C=O) groups excluding carboxylic acids is 4. The zero-order chi connectivity index (χ0) is 45.8. The highest BCUT2D eigenvalue weighted by molar-refractivity contribution is 5.93. The normalized spacial score (nSPS) is 24.2. The number of hydrogen-bond acceptors (Lipinski definition) is 12. The first kappa shape index (κ1) is 45.8. The number of aromatic nitrogens is 2. The van der Waals surface area contributed by atoms with E-state index in [9.17, 15) is 29.4 Å². The van der Waals surface area contributed by atoms with Gasteiger partial charge in [0.2, 0.25) is 23.6 Å². The Morgan fingerprint density at radius 2 is 1.65 bits per heavy atom. The lowest BCUT2D eigenvalue weighted by Crippen LogP contribution is -2.59. The molecule has 3 aromatic rings. The Morgan fingerprint density at radius 1 is 0.908 bits per heavy atom. The van der Waals surface area contributed by atoms with Gasteiger partial charge in [-0.25, -0.2) is 0 Å². The number of phenols is 1. The number of nitrogens with one attached hydrogen (secondary N) is 3. The van der Waals surface area contributed by atoms with E-state index in [0.29, 0.717) is 56.2 Å². The van der Waals surface area contributed by atoms with Crippen LogP contribution in [-0.4, -0.2) is 159 Å². The maximum absolute atomic E-state index is 14.2. The molecule has 4 fully saturated rings. The first-order chi connectivity index (χ1) is 31.2. The number of nitrogens with zero attached hydrogens (tertiary/aromatic N) is 7. The van der Waals surface area contributed by atoms with Gasteiger partial charge < -0.3 is 40.9 Å². The average molecular weight is 889 g/mol. The molecule has 5 N–H and O–H groups in total. The Morgan fingerprint density at radius 3 is 2.35 bits per heavy atom. The van der Waals surface area contributed by atoms with Crippen LogP contribution in [0, 0.1) is 23.7 Å². The van der Waals surface area contributed by atoms with Crippen LogP contribution in [0.1, 0.15) is 70.4 Å². The van der Waals surface area contributed by atoms with E-state index < -0.39 is 23.6 Å². The number of para-hydroxylation sites is 1. The predicted molar refractivity (Wildman–Crippen MR) is 247 cm³/mol. The first-order valence-corrected chi connectivity index (χ1v) is 23.3. The third-order valence-electron chi connectivity index (χ3n) is 14.1. The molecule has 16 heteroatoms. The number of aliphatic hydroxyl groups is 1. The minimum Gasteiger partial charge on any atom is -0.507 e. The van der Waals surface area contributed by atoms with Crippen LogP contribution >= 0.6 is 0 Å². The number of anilines is 2. The van der Waals surface area contributed by atoms with Gasteiger partial charge in [0, 0.05) is 108 Å². The number of likely N-dealkylation sites (tertiary alicyclic amines) is 1. The topological polar surface area (TPSA) is 187 Å². The van der Waals surface area contributed by atoms with Crippen LogP contribution in [0.4, 0.5) is 11.5 Å². The number of fused-ring (bicyclic) bond motifs is 3. The van der Waals surface area contributed by atoms with Crippen molar-refractivity contribution in [2.45, 2.75) is 96.1 Å². The Bertz CT molecular complexity index is 2240. The van der Waals surface area contributed by atoms with Crippen molar-refractivity contribution in [1.82, 2.24) is 40.4 Å². The molecule has 2 aromatic carbocycles. The highest BCUT2D eigenvalue weighted by atomic mass is 16.3. The van der Waals surface area contributed by atoms with Crippen molar-refractivity contribution in [3.05, 3.63) is 65.7 Å². The molecule has 65 heavy (non-hydrogen) atoms. The van der Waals surface area contributed by atoms with Crippen LogP contribution in [-0.2, 0) is 25.7 Å². The summed E-state index contributed by atoms with van der Waals surface area (Å²) in [6.45, 7) is 12.9. The number of carbonyl (C=O) groups is 4. The SMILES string of the molecule is C#Cc1ccc(CNC(=O)[C@@H]2C[C@@H](O)CN2C(=O)[C@@H](NC(=O)[C@H]2CC[C@H](N3CCN(C(=O)CCN4CCN5c6cc(-c7ccccc7O)nnc6NC[C@H]5C4)CC3)CC2)C(C)(C)C)cc1. The lowest BCUT2D eigenvalue weighted by molar-refractivity contribution is -0.144. The van der Waals surface area contributed by atoms with Crippen molar-refractivity contribution in [2.24, 2.45) is 11.3 Å². The summed E-state index contributed by atoms with van der Waals surface area (Å²) >= 11 is 0. The van der Waals surface area contributed by atoms with Crippen molar-refractivity contribution in [3.8, 4) is 29.4 Å². The lowest BCUT2D eigenvalue weighted by Gasteiger charge is -2.46. The molecule has 8 rings (SSSR count). The van der Waals surface area contributed by atoms with Crippen LogP contribution in [0.3, 0.4) is 0 Å². The second-order valence-corrected chi connectivity index (χ2v) is 19.4. The second kappa shape index (κ2) is 19.8. The van der Waals surface area contributed by atoms with Gasteiger partial charge in [-0.05, 0) is 67.0 Å². The van der Waals surface area contributed by atoms with Gasteiger partial charge in [0.25, 0.3) is 0 Å². The third kappa shape index (κ3) is 10.5. The summed E-state index contributed by atoms with van der Waals surface area (Å²) < 4.78 is 0. The summed E-state index contributed by atoms with van der Waals surface area (Å²) in [4.78, 5) is 65.5. The lowest BCUT2D eigenvalue weighted by atomic mass is 9.82. The van der Waals surface area contributed by atoms with E-state index in [1.807, 2.05) is 56.0 Å². The van der Waals surface area contributed by atoms with Gasteiger partial charge in [0.05, 0.1) is 23.5 Å². The fourth-order valence-corrected chi connectivity index (χ4v) is 10.2. The molecule has 1 aliphatic carbocycles. The van der Waals surface area contributed by atoms with Gasteiger partial charge in [0.1, 0.15) is 17.8 Å². The zero-order valence-corrected chi connectivity index (χ0v) is 37.9. The van der Waals surface area contributed by atoms with Crippen LogP contribution in [0.2, 0.25) is 0 Å². The average Bonchev–Trinajstić information content (AvgIpc) is 3.72. The number of aromatic hydroxyl groups is 1. The number of β-amino-alcohol motifs (C(OH)–C–C–N with tert-alkyl or cyclic N) is 1. The molecule has 0 spiro atoms. The second-order valence-electron chi connectivity index (χ2n) is 19.4. The fraction of sp³-hybridized carbons (Fsp3) is 0.551. The summed E-state index contributed by atoms with van der Waals surface area (Å²) in [6.07, 6.45) is 8.36. The maximum atomic E-state index is 14.2. The zero-order valence-electron chi connectivity index (χ0n) is 37.9. The molecule has 5 aliphatic rings. The van der Waals surface area contributed by atoms with Gasteiger partial charge in [-0.3, -0.25) is 29.0 Å². The van der Waals surface area contributed by atoms with E-state index in [0.717, 1.165) is 74.7 Å². The quantitative estimate of drug-likeness (QED) is 0.178. The van der Waals surface area contributed by atoms with Gasteiger partial charge in [-0.15, -0.1) is 16.6 Å². The number of benzene rings is 2. The van der Waals surface area contributed by atoms with Crippen LogP contribution in [0.15, 0.2) is 54.6 Å². The molecule has 1 aromatic heterocycles. The van der Waals surface area contributed by atoms with Crippen molar-refractivity contribution in [3.63, 3.8) is 0 Å². The number of aliphatic hydroxyl groups excluding tert-OH is 1. The number of piperazine rings is 2. The van der Waals surface area contributed by atoms with Gasteiger partial charge in [-0.1, -0.05) is 51.0 Å². The highest BCUT2D eigenvalue weighted by Crippen LogP contribution is 2.36. The van der Waals surface area contributed by atoms with Crippen molar-refractivity contribution in [1.29, 1.82) is 0 Å². The maximum Gasteiger partial charge on any atom is 0.246 e. The number of phenolic OH excluding ortho intramolecular Hbond substituents is 1. The molecule has 5 heterocycles. The van der Waals surface area contributed by atoms with E-state index >= 15 is 0 Å². The van der Waals surface area contributed by atoms with E-state index in [1.165, 1.54) is 4.90 Å². The Balaban J connectivity index is 0.764. The smallest absolute Gasteiger partial charge is 0.246 e. The molecule has 0 radical (unpaired) electrons. The van der Waals surface area contributed by atoms with Crippen molar-refractivity contribution < 1.29 is 29.4 Å². The van der Waals surface area contributed by atoms with E-state index in [4.69, 9.17) is 6.42 Å². The molecule has 1 saturated carbocycles. The summed E-state index contributed by atoms with van der Waals surface area (Å²) in [5, 5.41) is 39.2. The van der Waals surface area contributed by atoms with E-state index in [-0.39, 0.29) is 60.8 Å². The molecule has 4 amide bonds. The third-order valence-corrected chi connectivity index (χ3v) is 14.1. The van der Waals surface area contributed by atoms with E-state index in [2.05, 4.69) is 46.8 Å². The van der Waals surface area contributed by atoms with E-state index in [1.54, 1.807) is 24.3 Å². The number of hydrogen-bond donors (Lipinski definition) is 5. The summed E-state index contributed by atoms with van der Waals surface area (Å²) in [5.74, 6) is 2.59. The Kier molecular flexibility index (Phi) is 13.9. The number of amides is 4. The molecule has 16 nitrogen and oxygen atoms in total. The highest BCUT2D eigenvalue weighted by Gasteiger charge is 2.45. The first-order valence-electron chi connectivity index (χ1n) is 23.3. The summed E-state index contributed by atoms with van der Waals surface area (Å²) in [5.41, 5.74) is 3.23. The minimum absolute atomic E-state index is 0.0212. The number of terminal acetylenes is 1. The number of rotatable bonds is 11. The minimum atomic E-state index is -0.873. The predicted octanol–water partition coefficient (Wildman–Crippen LogP) is 2.65.